The predicted octanol–water partition coefficient (Wildman–Crippen LogP) is 1.58. The summed E-state index contributed by atoms with van der Waals surface area (Å²) in [6.45, 7) is 10.2. The lowest BCUT2D eigenvalue weighted by Gasteiger charge is -2.22. The second-order valence-corrected chi connectivity index (χ2v) is 7.09. The van der Waals surface area contributed by atoms with Gasteiger partial charge in [-0.15, -0.1) is 0 Å². The zero-order chi connectivity index (χ0) is 13.6. The molecule has 3 heterocycles. The summed E-state index contributed by atoms with van der Waals surface area (Å²) in [4.78, 5) is 8.08. The van der Waals surface area contributed by atoms with E-state index >= 15 is 0 Å². The quantitative estimate of drug-likeness (QED) is 0.926. The summed E-state index contributed by atoms with van der Waals surface area (Å²) in [5.74, 6) is 0. The predicted molar refractivity (Wildman–Crippen MR) is 77.4 cm³/mol. The Morgan fingerprint density at radius 2 is 2.21 bits per heavy atom. The zero-order valence-corrected chi connectivity index (χ0v) is 12.6. The van der Waals surface area contributed by atoms with Crippen LogP contribution in [0.5, 0.6) is 0 Å². The summed E-state index contributed by atoms with van der Waals surface area (Å²) < 4.78 is 2.01. The van der Waals surface area contributed by atoms with Gasteiger partial charge < -0.3 is 5.73 Å². The molecule has 2 aromatic rings. The van der Waals surface area contributed by atoms with Crippen molar-refractivity contribution in [1.29, 1.82) is 0 Å². The molecule has 3 rings (SSSR count). The highest BCUT2D eigenvalue weighted by atomic mass is 32.1. The normalized spacial score (nSPS) is 24.6. The third-order valence-corrected chi connectivity index (χ3v) is 4.92. The molecule has 1 unspecified atom stereocenters. The van der Waals surface area contributed by atoms with Crippen molar-refractivity contribution in [1.82, 2.24) is 19.5 Å². The minimum absolute atomic E-state index is 0.274. The largest absolute Gasteiger partial charge is 0.330 e. The number of rotatable bonds is 3. The van der Waals surface area contributed by atoms with Crippen molar-refractivity contribution < 1.29 is 0 Å². The van der Waals surface area contributed by atoms with Crippen molar-refractivity contribution in [2.45, 2.75) is 33.7 Å². The molecular formula is C13H21N5S. The summed E-state index contributed by atoms with van der Waals surface area (Å²) in [5.41, 5.74) is 8.47. The minimum Gasteiger partial charge on any atom is -0.330 e. The van der Waals surface area contributed by atoms with Crippen LogP contribution in [0.3, 0.4) is 0 Å². The smallest absolute Gasteiger partial charge is 0.212 e. The molecule has 1 aliphatic heterocycles. The van der Waals surface area contributed by atoms with Crippen LogP contribution in [0.25, 0.3) is 4.96 Å². The Morgan fingerprint density at radius 1 is 1.42 bits per heavy atom. The highest BCUT2D eigenvalue weighted by Crippen LogP contribution is 2.30. The van der Waals surface area contributed by atoms with Crippen LogP contribution in [-0.2, 0) is 6.54 Å². The molecule has 0 amide bonds. The molecule has 1 atom stereocenters. The van der Waals surface area contributed by atoms with E-state index in [4.69, 9.17) is 5.73 Å². The molecule has 0 saturated carbocycles. The molecule has 0 aliphatic carbocycles. The van der Waals surface area contributed by atoms with Gasteiger partial charge in [0, 0.05) is 13.1 Å². The number of likely N-dealkylation sites (tertiary alicyclic amines) is 1. The van der Waals surface area contributed by atoms with Gasteiger partial charge in [0.05, 0.1) is 11.4 Å². The number of imidazole rings is 1. The fourth-order valence-corrected chi connectivity index (χ4v) is 3.61. The van der Waals surface area contributed by atoms with Gasteiger partial charge in [0.15, 0.2) is 0 Å². The Balaban J connectivity index is 1.84. The lowest BCUT2D eigenvalue weighted by atomic mass is 9.90. The Labute approximate surface area is 117 Å². The van der Waals surface area contributed by atoms with Gasteiger partial charge in [-0.3, -0.25) is 4.90 Å². The Hall–Kier alpha value is -0.980. The SMILES string of the molecule is Cc1nn2c(CN3CCC(C)(CN)C3)c(C)nc2s1. The summed E-state index contributed by atoms with van der Waals surface area (Å²) >= 11 is 1.65. The van der Waals surface area contributed by atoms with E-state index in [9.17, 15) is 0 Å². The molecule has 1 fully saturated rings. The molecule has 0 spiro atoms. The first kappa shape index (κ1) is 13.0. The van der Waals surface area contributed by atoms with Crippen LogP contribution in [0.2, 0.25) is 0 Å². The highest BCUT2D eigenvalue weighted by molar-refractivity contribution is 7.16. The molecule has 19 heavy (non-hydrogen) atoms. The van der Waals surface area contributed by atoms with Gasteiger partial charge in [-0.25, -0.2) is 9.50 Å². The maximum Gasteiger partial charge on any atom is 0.212 e. The van der Waals surface area contributed by atoms with Gasteiger partial charge in [-0.2, -0.15) is 5.10 Å². The van der Waals surface area contributed by atoms with Gasteiger partial charge in [-0.1, -0.05) is 18.3 Å². The molecule has 104 valence electrons. The molecule has 1 aliphatic rings. The van der Waals surface area contributed by atoms with E-state index in [1.807, 2.05) is 11.4 Å². The van der Waals surface area contributed by atoms with Crippen molar-refractivity contribution in [2.24, 2.45) is 11.1 Å². The topological polar surface area (TPSA) is 59.5 Å². The third kappa shape index (κ3) is 2.28. The van der Waals surface area contributed by atoms with Crippen LogP contribution in [0, 0.1) is 19.3 Å². The summed E-state index contributed by atoms with van der Waals surface area (Å²) in [7, 11) is 0. The summed E-state index contributed by atoms with van der Waals surface area (Å²) in [6, 6.07) is 0. The van der Waals surface area contributed by atoms with Gasteiger partial charge in [0.2, 0.25) is 4.96 Å². The second-order valence-electron chi connectivity index (χ2n) is 5.93. The van der Waals surface area contributed by atoms with Crippen LogP contribution in [0.4, 0.5) is 0 Å². The molecule has 0 bridgehead atoms. The van der Waals surface area contributed by atoms with Gasteiger partial charge in [-0.05, 0) is 38.8 Å². The van der Waals surface area contributed by atoms with E-state index < -0.39 is 0 Å². The standard InChI is InChI=1S/C13H21N5S/c1-9-11(18-12(15-9)19-10(2)16-18)6-17-5-4-13(3,7-14)8-17/h4-8,14H2,1-3H3. The molecule has 2 aromatic heterocycles. The van der Waals surface area contributed by atoms with E-state index in [1.54, 1.807) is 11.3 Å². The summed E-state index contributed by atoms with van der Waals surface area (Å²) in [5, 5.41) is 5.62. The maximum absolute atomic E-state index is 5.87. The average molecular weight is 279 g/mol. The number of nitrogens with zero attached hydrogens (tertiary/aromatic N) is 4. The number of aromatic nitrogens is 3. The van der Waals surface area contributed by atoms with E-state index in [0.717, 1.165) is 41.8 Å². The van der Waals surface area contributed by atoms with E-state index in [0.29, 0.717) is 0 Å². The first-order chi connectivity index (χ1) is 9.00. The van der Waals surface area contributed by atoms with Crippen molar-refractivity contribution in [2.75, 3.05) is 19.6 Å². The molecule has 2 N–H and O–H groups in total. The van der Waals surface area contributed by atoms with Crippen LogP contribution < -0.4 is 5.73 Å². The molecule has 0 aromatic carbocycles. The number of aryl methyl sites for hydroxylation is 2. The third-order valence-electron chi connectivity index (χ3n) is 4.10. The van der Waals surface area contributed by atoms with E-state index in [2.05, 4.69) is 28.8 Å². The maximum atomic E-state index is 5.87. The van der Waals surface area contributed by atoms with Crippen LogP contribution in [0.1, 0.15) is 29.7 Å². The first-order valence-corrected chi connectivity index (χ1v) is 7.56. The van der Waals surface area contributed by atoms with Gasteiger partial charge >= 0.3 is 0 Å². The minimum atomic E-state index is 0.274. The van der Waals surface area contributed by atoms with Crippen molar-refractivity contribution in [3.05, 3.63) is 16.4 Å². The van der Waals surface area contributed by atoms with Crippen LogP contribution in [-0.4, -0.2) is 39.1 Å². The monoisotopic (exact) mass is 279 g/mol. The van der Waals surface area contributed by atoms with Gasteiger partial charge in [0.25, 0.3) is 0 Å². The Kier molecular flexibility index (Phi) is 3.11. The van der Waals surface area contributed by atoms with Crippen LogP contribution in [0.15, 0.2) is 0 Å². The highest BCUT2D eigenvalue weighted by Gasteiger charge is 2.33. The van der Waals surface area contributed by atoms with Crippen molar-refractivity contribution in [3.8, 4) is 0 Å². The lowest BCUT2D eigenvalue weighted by Crippen LogP contribution is -2.31. The molecule has 6 heteroatoms. The fraction of sp³-hybridized carbons (Fsp3) is 0.692. The van der Waals surface area contributed by atoms with E-state index in [1.165, 1.54) is 12.1 Å². The average Bonchev–Trinajstić information content (AvgIpc) is 2.97. The van der Waals surface area contributed by atoms with Gasteiger partial charge in [0.1, 0.15) is 5.01 Å². The zero-order valence-electron chi connectivity index (χ0n) is 11.8. The Bertz CT molecular complexity index is 601. The lowest BCUT2D eigenvalue weighted by molar-refractivity contribution is 0.270. The van der Waals surface area contributed by atoms with E-state index in [-0.39, 0.29) is 5.41 Å². The molecule has 5 nitrogen and oxygen atoms in total. The van der Waals surface area contributed by atoms with Crippen molar-refractivity contribution >= 4 is 16.3 Å². The van der Waals surface area contributed by atoms with Crippen LogP contribution >= 0.6 is 11.3 Å². The molecule has 1 saturated heterocycles. The van der Waals surface area contributed by atoms with Crippen molar-refractivity contribution in [3.63, 3.8) is 0 Å². The number of fused-ring (bicyclic) bond motifs is 1. The number of nitrogens with two attached hydrogens (primary N) is 1. The summed E-state index contributed by atoms with van der Waals surface area (Å²) in [6.07, 6.45) is 1.18. The molecular weight excluding hydrogens is 258 g/mol. The first-order valence-electron chi connectivity index (χ1n) is 6.75. The number of hydrogen-bond donors (Lipinski definition) is 1. The number of hydrogen-bond acceptors (Lipinski definition) is 5. The molecule has 0 radical (unpaired) electrons. The Morgan fingerprint density at radius 3 is 2.89 bits per heavy atom. The fourth-order valence-electron chi connectivity index (χ4n) is 2.81. The second kappa shape index (κ2) is 4.54.